The first-order chi connectivity index (χ1) is 48.5. The predicted octanol–water partition coefficient (Wildman–Crippen LogP) is 24.9. The molecule has 18 aromatic rings. The summed E-state index contributed by atoms with van der Waals surface area (Å²) in [6.07, 6.45) is 0. The molecule has 0 aliphatic heterocycles. The van der Waals surface area contributed by atoms with Crippen LogP contribution in [0.4, 0.5) is 0 Å². The molecular weight excluding hydrogens is 1190 g/mol. The Bertz CT molecular complexity index is 6050. The van der Waals surface area contributed by atoms with Crippen LogP contribution in [0.15, 0.2) is 368 Å². The highest BCUT2D eigenvalue weighted by Crippen LogP contribution is 2.43. The maximum Gasteiger partial charge on any atom is 0.164 e. The highest BCUT2D eigenvalue weighted by Gasteiger charge is 2.20. The summed E-state index contributed by atoms with van der Waals surface area (Å²) in [6.45, 7) is 0. The van der Waals surface area contributed by atoms with Crippen molar-refractivity contribution in [1.29, 1.82) is 0 Å². The zero-order valence-corrected chi connectivity index (χ0v) is 53.3. The van der Waals surface area contributed by atoms with E-state index in [0.717, 1.165) is 111 Å². The molecule has 0 radical (unpaired) electrons. The number of fused-ring (bicyclic) bond motifs is 6. The van der Waals surface area contributed by atoms with Crippen LogP contribution < -0.4 is 0 Å². The molecule has 98 heavy (non-hydrogen) atoms. The Morgan fingerprint density at radius 1 is 0.194 bits per heavy atom. The van der Waals surface area contributed by atoms with Gasteiger partial charge in [-0.1, -0.05) is 273 Å². The molecule has 3 heterocycles. The van der Waals surface area contributed by atoms with Gasteiger partial charge in [-0.3, -0.25) is 0 Å². The maximum atomic E-state index is 6.82. The molecule has 0 saturated carbocycles. The van der Waals surface area contributed by atoms with Gasteiger partial charge in [0.25, 0.3) is 0 Å². The molecular formula is C93H60N4O. The molecule has 0 spiro atoms. The van der Waals surface area contributed by atoms with Crippen LogP contribution in [0.25, 0.3) is 184 Å². The number of hydrogen-bond donors (Lipinski definition) is 0. The van der Waals surface area contributed by atoms with Crippen molar-refractivity contribution in [3.05, 3.63) is 364 Å². The van der Waals surface area contributed by atoms with Crippen LogP contribution in [-0.2, 0) is 0 Å². The van der Waals surface area contributed by atoms with Crippen LogP contribution in [0.3, 0.4) is 0 Å². The summed E-state index contributed by atoms with van der Waals surface area (Å²) in [5.74, 6) is 1.85. The Morgan fingerprint density at radius 3 is 1.03 bits per heavy atom. The number of rotatable bonds is 13. The summed E-state index contributed by atoms with van der Waals surface area (Å²) < 4.78 is 9.22. The fraction of sp³-hybridized carbons (Fsp3) is 0. The molecule has 0 bridgehead atoms. The molecule has 0 saturated heterocycles. The Morgan fingerprint density at radius 2 is 0.520 bits per heavy atom. The molecule has 0 fully saturated rings. The minimum Gasteiger partial charge on any atom is -0.455 e. The summed E-state index contributed by atoms with van der Waals surface area (Å²) in [5, 5.41) is 4.61. The summed E-state index contributed by atoms with van der Waals surface area (Å²) >= 11 is 0. The fourth-order valence-corrected chi connectivity index (χ4v) is 14.1. The standard InChI is InChI=1S/C93H60N4O/c1-4-21-61(22-5-1)65-27-14-30-68(51-65)69-31-17-34-72(54-69)76-47-50-88-85(58-76)82-41-10-12-43-87(82)97(88)81-48-45-63(46-49-81)66-28-15-37-75(52-66)80-59-84(90-86(60-80)83-42-11-13-44-89(83)98-90)77-38-18-35-73(55-77)70-32-16-33-71(53-70)74-36-20-40-79(57-74)93-95-91(64-25-8-3-9-26-64)94-92(96-93)78-39-19-29-67(56-78)62-23-6-2-7-24-62/h1-60H. The first-order valence-corrected chi connectivity index (χ1v) is 33.3. The first-order valence-electron chi connectivity index (χ1n) is 33.3. The van der Waals surface area contributed by atoms with Crippen LogP contribution in [0, 0.1) is 0 Å². The third-order valence-corrected chi connectivity index (χ3v) is 19.0. The van der Waals surface area contributed by atoms with Gasteiger partial charge >= 0.3 is 0 Å². The van der Waals surface area contributed by atoms with Crippen molar-refractivity contribution in [1.82, 2.24) is 19.5 Å². The topological polar surface area (TPSA) is 56.7 Å². The van der Waals surface area contributed by atoms with Gasteiger partial charge in [-0.05, 0) is 186 Å². The van der Waals surface area contributed by atoms with Crippen LogP contribution in [0.1, 0.15) is 0 Å². The number of benzene rings is 15. The van der Waals surface area contributed by atoms with Crippen LogP contribution >= 0.6 is 0 Å². The third-order valence-electron chi connectivity index (χ3n) is 19.0. The van der Waals surface area contributed by atoms with E-state index < -0.39 is 0 Å². The lowest BCUT2D eigenvalue weighted by Gasteiger charge is -2.13. The Balaban J connectivity index is 0.649. The Labute approximate surface area is 568 Å². The van der Waals surface area contributed by atoms with Gasteiger partial charge in [0.05, 0.1) is 11.0 Å². The Kier molecular flexibility index (Phi) is 14.5. The van der Waals surface area contributed by atoms with E-state index in [1.54, 1.807) is 0 Å². The van der Waals surface area contributed by atoms with E-state index in [0.29, 0.717) is 17.5 Å². The largest absolute Gasteiger partial charge is 0.455 e. The van der Waals surface area contributed by atoms with Gasteiger partial charge in [0.15, 0.2) is 17.5 Å². The van der Waals surface area contributed by atoms with Crippen molar-refractivity contribution in [3.8, 4) is 140 Å². The van der Waals surface area contributed by atoms with Gasteiger partial charge in [0.1, 0.15) is 11.2 Å². The smallest absolute Gasteiger partial charge is 0.164 e. The lowest BCUT2D eigenvalue weighted by Crippen LogP contribution is -2.00. The SMILES string of the molecule is c1ccc(-c2cccc(-c3cccc(-c4ccc5c(c4)c4ccccc4n5-c4ccc(-c5cccc(-c6cc(-c7cccc(-c8cccc(-c9cccc(-c%10nc(-c%11ccccc%11)nc(-c%11cccc(-c%12ccccc%12)c%11)n%10)c9)c8)c7)c7oc8ccccc8c7c6)c5)cc4)c3)c2)cc1. The van der Waals surface area contributed by atoms with Crippen LogP contribution in [0.5, 0.6) is 0 Å². The molecule has 3 aromatic heterocycles. The van der Waals surface area contributed by atoms with E-state index in [-0.39, 0.29) is 0 Å². The van der Waals surface area contributed by atoms with Gasteiger partial charge in [0, 0.05) is 49.5 Å². The van der Waals surface area contributed by atoms with Crippen molar-refractivity contribution < 1.29 is 4.42 Å². The van der Waals surface area contributed by atoms with Crippen molar-refractivity contribution in [2.24, 2.45) is 0 Å². The quantitative estimate of drug-likeness (QED) is 0.115. The summed E-state index contributed by atoms with van der Waals surface area (Å²) in [4.78, 5) is 15.3. The second-order valence-corrected chi connectivity index (χ2v) is 25.1. The van der Waals surface area contributed by atoms with Crippen molar-refractivity contribution in [3.63, 3.8) is 0 Å². The predicted molar refractivity (Wildman–Crippen MR) is 407 cm³/mol. The minimum absolute atomic E-state index is 0.608. The number of para-hydroxylation sites is 2. The highest BCUT2D eigenvalue weighted by atomic mass is 16.3. The van der Waals surface area contributed by atoms with E-state index in [1.807, 2.05) is 42.5 Å². The molecule has 0 unspecified atom stereocenters. The molecule has 0 amide bonds. The van der Waals surface area contributed by atoms with Gasteiger partial charge in [-0.15, -0.1) is 0 Å². The van der Waals surface area contributed by atoms with Crippen molar-refractivity contribution in [2.45, 2.75) is 0 Å². The number of furan rings is 1. The average Bonchev–Trinajstić information content (AvgIpc) is 1.58. The molecule has 0 atom stereocenters. The number of hydrogen-bond acceptors (Lipinski definition) is 4. The molecule has 5 heteroatoms. The van der Waals surface area contributed by atoms with E-state index in [4.69, 9.17) is 19.4 Å². The van der Waals surface area contributed by atoms with Gasteiger partial charge < -0.3 is 8.98 Å². The number of nitrogens with zero attached hydrogens (tertiary/aromatic N) is 4. The summed E-state index contributed by atoms with van der Waals surface area (Å²) in [6, 6.07) is 130. The lowest BCUT2D eigenvalue weighted by atomic mass is 9.92. The molecule has 15 aromatic carbocycles. The maximum absolute atomic E-state index is 6.82. The molecule has 0 N–H and O–H groups in total. The van der Waals surface area contributed by atoms with Gasteiger partial charge in [-0.25, -0.2) is 15.0 Å². The Hall–Kier alpha value is -13.1. The van der Waals surface area contributed by atoms with E-state index >= 15 is 0 Å². The summed E-state index contributed by atoms with van der Waals surface area (Å²) in [5.41, 5.74) is 28.3. The third kappa shape index (κ3) is 10.9. The zero-order valence-electron chi connectivity index (χ0n) is 53.3. The number of aromatic nitrogens is 4. The van der Waals surface area contributed by atoms with Crippen LogP contribution in [0.2, 0.25) is 0 Å². The van der Waals surface area contributed by atoms with Crippen molar-refractivity contribution in [2.75, 3.05) is 0 Å². The van der Waals surface area contributed by atoms with E-state index in [1.165, 1.54) is 55.2 Å². The fourth-order valence-electron chi connectivity index (χ4n) is 14.1. The summed E-state index contributed by atoms with van der Waals surface area (Å²) in [7, 11) is 0. The minimum atomic E-state index is 0.608. The molecule has 0 aliphatic carbocycles. The van der Waals surface area contributed by atoms with E-state index in [2.05, 4.69) is 326 Å². The van der Waals surface area contributed by atoms with E-state index in [9.17, 15) is 0 Å². The average molecular weight is 1250 g/mol. The zero-order chi connectivity index (χ0) is 64.9. The monoisotopic (exact) mass is 1250 g/mol. The highest BCUT2D eigenvalue weighted by molar-refractivity contribution is 6.12. The normalized spacial score (nSPS) is 11.5. The van der Waals surface area contributed by atoms with Gasteiger partial charge in [0.2, 0.25) is 0 Å². The van der Waals surface area contributed by atoms with Gasteiger partial charge in [-0.2, -0.15) is 0 Å². The molecule has 458 valence electrons. The first kappa shape index (κ1) is 57.6. The van der Waals surface area contributed by atoms with Crippen molar-refractivity contribution >= 4 is 43.7 Å². The molecule has 5 nitrogen and oxygen atoms in total. The van der Waals surface area contributed by atoms with Crippen LogP contribution in [-0.4, -0.2) is 19.5 Å². The second-order valence-electron chi connectivity index (χ2n) is 25.1. The molecule has 18 rings (SSSR count). The molecule has 0 aliphatic rings. The second kappa shape index (κ2) is 24.7. The lowest BCUT2D eigenvalue weighted by molar-refractivity contribution is 0.670.